The number of likely N-dealkylation sites (N-methyl/N-ethyl adjacent to an activating group) is 2. The van der Waals surface area contributed by atoms with Gasteiger partial charge in [-0.1, -0.05) is 53.7 Å². The minimum atomic E-state index is -0.0672. The van der Waals surface area contributed by atoms with E-state index in [1.807, 2.05) is 0 Å². The minimum Gasteiger partial charge on any atom is -0.507 e. The first-order valence-corrected chi connectivity index (χ1v) is 8.96. The molecule has 0 fully saturated rings. The average Bonchev–Trinajstić information content (AvgIpc) is 2.45. The van der Waals surface area contributed by atoms with Gasteiger partial charge in [-0.15, -0.1) is 4.91 Å². The highest BCUT2D eigenvalue weighted by Crippen LogP contribution is 2.38. The van der Waals surface area contributed by atoms with Crippen molar-refractivity contribution < 1.29 is 5.11 Å². The molecule has 26 heavy (non-hydrogen) atoms. The maximum absolute atomic E-state index is 10.8. The molecule has 0 aliphatic heterocycles. The third-order valence-corrected chi connectivity index (χ3v) is 4.23. The van der Waals surface area contributed by atoms with Gasteiger partial charge in [0.15, 0.2) is 0 Å². The molecule has 0 amide bonds. The monoisotopic (exact) mass is 366 g/mol. The van der Waals surface area contributed by atoms with E-state index < -0.39 is 0 Å². The van der Waals surface area contributed by atoms with E-state index >= 15 is 0 Å². The molecule has 1 aromatic carbocycles. The van der Waals surface area contributed by atoms with Crippen LogP contribution >= 0.6 is 0 Å². The molecule has 0 atom stereocenters. The van der Waals surface area contributed by atoms with E-state index in [4.69, 9.17) is 4.91 Å². The summed E-state index contributed by atoms with van der Waals surface area (Å²) in [7, 11) is 6.29. The number of nitrogens with two attached hydrogens (primary N) is 1. The molecule has 0 radical (unpaired) electrons. The molecule has 1 aromatic rings. The predicted octanol–water partition coefficient (Wildman–Crippen LogP) is 3.61. The molecule has 0 bridgehead atoms. The summed E-state index contributed by atoms with van der Waals surface area (Å²) >= 11 is 0. The number of phenols is 1. The molecule has 0 spiro atoms. The van der Waals surface area contributed by atoms with Crippen LogP contribution in [-0.2, 0) is 17.4 Å². The van der Waals surface area contributed by atoms with E-state index in [1.54, 1.807) is 5.29 Å². The van der Waals surface area contributed by atoms with Gasteiger partial charge < -0.3 is 14.9 Å². The Hall–Kier alpha value is -1.66. The first kappa shape index (κ1) is 24.3. The summed E-state index contributed by atoms with van der Waals surface area (Å²) in [6.07, 6.45) is 0. The molecule has 0 aliphatic rings. The molecule has 0 aliphatic carbocycles. The summed E-state index contributed by atoms with van der Waals surface area (Å²) in [5.41, 5.74) is 3.37. The highest BCUT2D eigenvalue weighted by molar-refractivity contribution is 5.48. The average molecular weight is 367 g/mol. The predicted molar refractivity (Wildman–Crippen MR) is 110 cm³/mol. The van der Waals surface area contributed by atoms with Gasteiger partial charge in [-0.3, -0.25) is 5.84 Å². The van der Waals surface area contributed by atoms with Crippen molar-refractivity contribution in [3.05, 3.63) is 33.7 Å². The maximum Gasteiger partial charge on any atom is 0.123 e. The number of rotatable bonds is 5. The third-order valence-electron chi connectivity index (χ3n) is 4.23. The van der Waals surface area contributed by atoms with E-state index in [0.717, 1.165) is 30.8 Å². The molecule has 3 N–H and O–H groups in total. The number of benzene rings is 1. The van der Waals surface area contributed by atoms with Crippen LogP contribution in [0.15, 0.2) is 17.4 Å². The Balaban J connectivity index is 0.00000194. The molecular weight excluding hydrogens is 328 g/mol. The summed E-state index contributed by atoms with van der Waals surface area (Å²) in [5, 5.41) is 12.6. The number of nitrogens with zero attached hydrogens (tertiary/aromatic N) is 3. The van der Waals surface area contributed by atoms with E-state index in [1.165, 1.54) is 5.56 Å². The molecule has 0 saturated heterocycles. The first-order chi connectivity index (χ1) is 11.7. The Morgan fingerprint density at radius 2 is 1.50 bits per heavy atom. The van der Waals surface area contributed by atoms with Gasteiger partial charge in [-0.2, -0.15) is 0 Å². The van der Waals surface area contributed by atoms with Crippen molar-refractivity contribution in [3.63, 3.8) is 0 Å². The fraction of sp³-hybridized carbons (Fsp3) is 0.700. The second-order valence-corrected chi connectivity index (χ2v) is 9.18. The topological polar surface area (TPSA) is 82.2 Å². The van der Waals surface area contributed by atoms with Gasteiger partial charge in [0.2, 0.25) is 0 Å². The Kier molecular flexibility index (Phi) is 9.25. The van der Waals surface area contributed by atoms with Crippen LogP contribution in [-0.4, -0.2) is 49.1 Å². The Morgan fingerprint density at radius 1 is 1.00 bits per heavy atom. The van der Waals surface area contributed by atoms with Crippen molar-refractivity contribution >= 4 is 0 Å². The number of phenolic OH excluding ortho intramolecular Hbond substituents is 1. The van der Waals surface area contributed by atoms with Crippen molar-refractivity contribution in [1.29, 1.82) is 0 Å². The molecular formula is C20H38N4O2. The summed E-state index contributed by atoms with van der Waals surface area (Å²) in [4.78, 5) is 12.8. The quantitative estimate of drug-likeness (QED) is 0.473. The first-order valence-electron chi connectivity index (χ1n) is 8.96. The zero-order chi connectivity index (χ0) is 20.7. The van der Waals surface area contributed by atoms with Crippen LogP contribution in [0.1, 0.15) is 58.2 Å². The van der Waals surface area contributed by atoms with Crippen molar-refractivity contribution in [3.8, 4) is 5.75 Å². The van der Waals surface area contributed by atoms with E-state index in [-0.39, 0.29) is 10.8 Å². The molecule has 0 aromatic heterocycles. The lowest BCUT2D eigenvalue weighted by Gasteiger charge is -2.29. The van der Waals surface area contributed by atoms with Gasteiger partial charge in [0.1, 0.15) is 5.75 Å². The van der Waals surface area contributed by atoms with Crippen molar-refractivity contribution in [2.45, 2.75) is 58.9 Å². The van der Waals surface area contributed by atoms with Gasteiger partial charge in [0.25, 0.3) is 0 Å². The van der Waals surface area contributed by atoms with Crippen LogP contribution in [0.5, 0.6) is 5.75 Å². The lowest BCUT2D eigenvalue weighted by atomic mass is 9.79. The highest BCUT2D eigenvalue weighted by Gasteiger charge is 2.25. The molecule has 150 valence electrons. The standard InChI is InChI=1S/C20H36N2O.H2N2O/c1-19(2,3)16-12-15(14-22(9)11-10-21(7)8)18(23)17(13-16)20(4,5)6;1-2-3/h12-13,23H,10-11,14H2,1-9H3;(H2,1,3). The minimum absolute atomic E-state index is 0.0672. The maximum atomic E-state index is 10.8. The van der Waals surface area contributed by atoms with Gasteiger partial charge >= 0.3 is 0 Å². The van der Waals surface area contributed by atoms with Crippen molar-refractivity contribution in [1.82, 2.24) is 9.80 Å². The highest BCUT2D eigenvalue weighted by atomic mass is 16.3. The molecule has 0 heterocycles. The summed E-state index contributed by atoms with van der Waals surface area (Å²) in [6, 6.07) is 4.36. The van der Waals surface area contributed by atoms with Crippen LogP contribution in [0.25, 0.3) is 0 Å². The molecule has 6 heteroatoms. The SMILES string of the molecule is CN(C)CCN(C)Cc1cc(C(C)(C)C)cc(C(C)(C)C)c1O.NN=O. The Bertz CT molecular complexity index is 572. The molecule has 0 unspecified atom stereocenters. The molecule has 1 rings (SSSR count). The van der Waals surface area contributed by atoms with Crippen molar-refractivity contribution in [2.24, 2.45) is 11.1 Å². The van der Waals surface area contributed by atoms with Crippen molar-refractivity contribution in [2.75, 3.05) is 34.2 Å². The van der Waals surface area contributed by atoms with Crippen LogP contribution in [0.3, 0.4) is 0 Å². The second-order valence-electron chi connectivity index (χ2n) is 9.18. The zero-order valence-corrected chi connectivity index (χ0v) is 18.1. The lowest BCUT2D eigenvalue weighted by molar-refractivity contribution is 0.272. The fourth-order valence-electron chi connectivity index (χ4n) is 2.56. The van der Waals surface area contributed by atoms with E-state index in [2.05, 4.69) is 90.5 Å². The number of aromatic hydroxyl groups is 1. The van der Waals surface area contributed by atoms with Crippen LogP contribution in [0.4, 0.5) is 0 Å². The number of nitroso groups, excluding NO2 is 1. The normalized spacial score (nSPS) is 12.1. The van der Waals surface area contributed by atoms with Gasteiger partial charge in [-0.25, -0.2) is 0 Å². The molecule has 0 saturated carbocycles. The van der Waals surface area contributed by atoms with Gasteiger partial charge in [0, 0.05) is 30.5 Å². The summed E-state index contributed by atoms with van der Waals surface area (Å²) in [5.74, 6) is 4.38. The Labute approximate surface area is 159 Å². The third kappa shape index (κ3) is 8.15. The summed E-state index contributed by atoms with van der Waals surface area (Å²) < 4.78 is 0. The van der Waals surface area contributed by atoms with Crippen LogP contribution < -0.4 is 5.84 Å². The van der Waals surface area contributed by atoms with Crippen LogP contribution in [0.2, 0.25) is 0 Å². The zero-order valence-electron chi connectivity index (χ0n) is 18.1. The number of hydrogen-bond acceptors (Lipinski definition) is 5. The van der Waals surface area contributed by atoms with E-state index in [0.29, 0.717) is 5.75 Å². The largest absolute Gasteiger partial charge is 0.507 e. The van der Waals surface area contributed by atoms with Gasteiger partial charge in [-0.05, 0) is 43.1 Å². The number of hydrogen-bond donors (Lipinski definition) is 2. The fourth-order valence-corrected chi connectivity index (χ4v) is 2.56. The van der Waals surface area contributed by atoms with E-state index in [9.17, 15) is 5.11 Å². The smallest absolute Gasteiger partial charge is 0.123 e. The van der Waals surface area contributed by atoms with Gasteiger partial charge in [0.05, 0.1) is 0 Å². The van der Waals surface area contributed by atoms with Crippen LogP contribution in [0, 0.1) is 4.91 Å². The Morgan fingerprint density at radius 3 is 1.88 bits per heavy atom. The molecule has 6 nitrogen and oxygen atoms in total. The lowest BCUT2D eigenvalue weighted by Crippen LogP contribution is -2.28. The summed E-state index contributed by atoms with van der Waals surface area (Å²) in [6.45, 7) is 15.9. The second kappa shape index (κ2) is 9.88.